The third-order valence-electron chi connectivity index (χ3n) is 4.08. The van der Waals surface area contributed by atoms with Crippen LogP contribution in [0.2, 0.25) is 0 Å². The standard InChI is InChI=1S/C14H22O/c1-3-12-10(2)8-9-11-6-4-5-7-13(15)14(11)12/h6,8-10,12-15H,3-5,7H2,1-2H3/t10?,12?,13-,14?/m0/s1. The molecule has 1 N–H and O–H groups in total. The number of allylic oxidation sites excluding steroid dienone is 3. The van der Waals surface area contributed by atoms with Gasteiger partial charge in [0.2, 0.25) is 0 Å². The molecule has 0 amide bonds. The summed E-state index contributed by atoms with van der Waals surface area (Å²) in [6, 6.07) is 0. The van der Waals surface area contributed by atoms with Crippen LogP contribution in [0.3, 0.4) is 0 Å². The van der Waals surface area contributed by atoms with Crippen LogP contribution in [0.1, 0.15) is 39.5 Å². The summed E-state index contributed by atoms with van der Waals surface area (Å²) in [6.45, 7) is 4.52. The molecule has 84 valence electrons. The van der Waals surface area contributed by atoms with Gasteiger partial charge in [0.1, 0.15) is 0 Å². The first-order valence-corrected chi connectivity index (χ1v) is 6.30. The number of hydrogen-bond donors (Lipinski definition) is 1. The zero-order valence-corrected chi connectivity index (χ0v) is 9.82. The first-order chi connectivity index (χ1) is 7.24. The van der Waals surface area contributed by atoms with Crippen LogP contribution in [0, 0.1) is 17.8 Å². The Labute approximate surface area is 92.9 Å². The van der Waals surface area contributed by atoms with Gasteiger partial charge < -0.3 is 5.11 Å². The van der Waals surface area contributed by atoms with Gasteiger partial charge in [-0.3, -0.25) is 0 Å². The van der Waals surface area contributed by atoms with Crippen molar-refractivity contribution in [2.45, 2.75) is 45.6 Å². The highest BCUT2D eigenvalue weighted by Gasteiger charge is 2.35. The molecule has 4 atom stereocenters. The fraction of sp³-hybridized carbons (Fsp3) is 0.714. The number of fused-ring (bicyclic) bond motifs is 1. The van der Waals surface area contributed by atoms with Crippen molar-refractivity contribution in [3.63, 3.8) is 0 Å². The molecule has 2 aliphatic carbocycles. The predicted molar refractivity (Wildman–Crippen MR) is 63.5 cm³/mol. The predicted octanol–water partition coefficient (Wildman–Crippen LogP) is 3.31. The van der Waals surface area contributed by atoms with Crippen LogP contribution in [0.25, 0.3) is 0 Å². The van der Waals surface area contributed by atoms with Crippen LogP contribution in [-0.4, -0.2) is 11.2 Å². The molecule has 1 nitrogen and oxygen atoms in total. The lowest BCUT2D eigenvalue weighted by Gasteiger charge is -2.36. The molecule has 0 heterocycles. The van der Waals surface area contributed by atoms with E-state index in [-0.39, 0.29) is 6.10 Å². The number of aliphatic hydroxyl groups excluding tert-OH is 1. The Kier molecular flexibility index (Phi) is 3.30. The molecule has 0 aromatic heterocycles. The van der Waals surface area contributed by atoms with Crippen LogP contribution in [0.5, 0.6) is 0 Å². The number of hydrogen-bond acceptors (Lipinski definition) is 1. The summed E-state index contributed by atoms with van der Waals surface area (Å²) in [4.78, 5) is 0. The van der Waals surface area contributed by atoms with Crippen molar-refractivity contribution in [3.05, 3.63) is 23.8 Å². The first-order valence-electron chi connectivity index (χ1n) is 6.30. The van der Waals surface area contributed by atoms with Gasteiger partial charge in [0.25, 0.3) is 0 Å². The fourth-order valence-electron chi connectivity index (χ4n) is 3.20. The highest BCUT2D eigenvalue weighted by Crippen LogP contribution is 2.40. The first kappa shape index (κ1) is 10.9. The van der Waals surface area contributed by atoms with E-state index in [2.05, 4.69) is 32.1 Å². The maximum Gasteiger partial charge on any atom is 0.0611 e. The van der Waals surface area contributed by atoms with Gasteiger partial charge in [-0.2, -0.15) is 0 Å². The topological polar surface area (TPSA) is 20.2 Å². The van der Waals surface area contributed by atoms with E-state index < -0.39 is 0 Å². The van der Waals surface area contributed by atoms with Gasteiger partial charge in [-0.05, 0) is 36.7 Å². The average Bonchev–Trinajstić information content (AvgIpc) is 2.41. The second-order valence-electron chi connectivity index (χ2n) is 5.02. The summed E-state index contributed by atoms with van der Waals surface area (Å²) in [5, 5.41) is 10.2. The Bertz CT molecular complexity index is 277. The number of aliphatic hydroxyl groups is 1. The summed E-state index contributed by atoms with van der Waals surface area (Å²) in [7, 11) is 0. The van der Waals surface area contributed by atoms with E-state index in [4.69, 9.17) is 0 Å². The van der Waals surface area contributed by atoms with E-state index in [0.717, 1.165) is 19.3 Å². The molecular formula is C14H22O. The molecule has 0 radical (unpaired) electrons. The Balaban J connectivity index is 2.31. The highest BCUT2D eigenvalue weighted by molar-refractivity contribution is 5.29. The third-order valence-corrected chi connectivity index (χ3v) is 4.08. The molecule has 0 saturated carbocycles. The monoisotopic (exact) mass is 206 g/mol. The van der Waals surface area contributed by atoms with Crippen LogP contribution in [0.15, 0.2) is 23.8 Å². The van der Waals surface area contributed by atoms with E-state index >= 15 is 0 Å². The van der Waals surface area contributed by atoms with Crippen molar-refractivity contribution in [2.75, 3.05) is 0 Å². The molecule has 0 aromatic carbocycles. The van der Waals surface area contributed by atoms with Gasteiger partial charge in [-0.15, -0.1) is 0 Å². The van der Waals surface area contributed by atoms with Crippen LogP contribution in [-0.2, 0) is 0 Å². The maximum absolute atomic E-state index is 10.2. The molecule has 0 bridgehead atoms. The fourth-order valence-corrected chi connectivity index (χ4v) is 3.20. The second kappa shape index (κ2) is 4.52. The molecule has 1 heteroatoms. The Morgan fingerprint density at radius 1 is 1.47 bits per heavy atom. The van der Waals surface area contributed by atoms with Crippen LogP contribution < -0.4 is 0 Å². The largest absolute Gasteiger partial charge is 0.392 e. The van der Waals surface area contributed by atoms with Gasteiger partial charge in [-0.1, -0.05) is 38.5 Å². The summed E-state index contributed by atoms with van der Waals surface area (Å²) in [5.74, 6) is 1.65. The smallest absolute Gasteiger partial charge is 0.0611 e. The maximum atomic E-state index is 10.2. The van der Waals surface area contributed by atoms with E-state index in [9.17, 15) is 5.11 Å². The van der Waals surface area contributed by atoms with Crippen molar-refractivity contribution in [1.82, 2.24) is 0 Å². The van der Waals surface area contributed by atoms with Crippen LogP contribution >= 0.6 is 0 Å². The summed E-state index contributed by atoms with van der Waals surface area (Å²) >= 11 is 0. The molecule has 2 rings (SSSR count). The summed E-state index contributed by atoms with van der Waals surface area (Å²) in [6.07, 6.45) is 11.2. The van der Waals surface area contributed by atoms with Crippen molar-refractivity contribution < 1.29 is 5.11 Å². The van der Waals surface area contributed by atoms with Crippen molar-refractivity contribution >= 4 is 0 Å². The SMILES string of the molecule is CCC1C(C)C=CC2=CCCC[C@H](O)C21. The molecule has 0 aliphatic heterocycles. The highest BCUT2D eigenvalue weighted by atomic mass is 16.3. The summed E-state index contributed by atoms with van der Waals surface area (Å²) < 4.78 is 0. The molecule has 0 fully saturated rings. The Morgan fingerprint density at radius 3 is 3.00 bits per heavy atom. The minimum atomic E-state index is -0.115. The minimum Gasteiger partial charge on any atom is -0.392 e. The van der Waals surface area contributed by atoms with Crippen molar-refractivity contribution in [2.24, 2.45) is 17.8 Å². The zero-order valence-electron chi connectivity index (χ0n) is 9.82. The lowest BCUT2D eigenvalue weighted by molar-refractivity contribution is 0.0720. The zero-order chi connectivity index (χ0) is 10.8. The van der Waals surface area contributed by atoms with Gasteiger partial charge >= 0.3 is 0 Å². The quantitative estimate of drug-likeness (QED) is 0.698. The molecule has 0 saturated heterocycles. The van der Waals surface area contributed by atoms with Crippen molar-refractivity contribution in [1.29, 1.82) is 0 Å². The molecule has 0 spiro atoms. The van der Waals surface area contributed by atoms with E-state index in [1.165, 1.54) is 12.0 Å². The van der Waals surface area contributed by atoms with Crippen LogP contribution in [0.4, 0.5) is 0 Å². The van der Waals surface area contributed by atoms with Gasteiger partial charge in [0, 0.05) is 5.92 Å². The molecule has 15 heavy (non-hydrogen) atoms. The van der Waals surface area contributed by atoms with E-state index in [1.807, 2.05) is 0 Å². The Hall–Kier alpha value is -0.560. The van der Waals surface area contributed by atoms with Gasteiger partial charge in [0.05, 0.1) is 6.10 Å². The van der Waals surface area contributed by atoms with E-state index in [1.54, 1.807) is 0 Å². The van der Waals surface area contributed by atoms with Crippen molar-refractivity contribution in [3.8, 4) is 0 Å². The average molecular weight is 206 g/mol. The van der Waals surface area contributed by atoms with Gasteiger partial charge in [-0.25, -0.2) is 0 Å². The second-order valence-corrected chi connectivity index (χ2v) is 5.02. The Morgan fingerprint density at radius 2 is 2.27 bits per heavy atom. The minimum absolute atomic E-state index is 0.115. The summed E-state index contributed by atoms with van der Waals surface area (Å²) in [5.41, 5.74) is 1.39. The van der Waals surface area contributed by atoms with E-state index in [0.29, 0.717) is 17.8 Å². The van der Waals surface area contributed by atoms with Gasteiger partial charge in [0.15, 0.2) is 0 Å². The molecule has 2 aliphatic rings. The third kappa shape index (κ3) is 2.03. The molecule has 3 unspecified atom stereocenters. The molecular weight excluding hydrogens is 184 g/mol. The molecule has 0 aromatic rings. The normalized spacial score (nSPS) is 40.6. The number of rotatable bonds is 1. The lowest BCUT2D eigenvalue weighted by atomic mass is 9.70. The lowest BCUT2D eigenvalue weighted by Crippen LogP contribution is -2.33.